The first-order valence-electron chi connectivity index (χ1n) is 9.26. The lowest BCUT2D eigenvalue weighted by atomic mass is 9.44. The predicted molar refractivity (Wildman–Crippen MR) is 92.8 cm³/mol. The number of fused-ring (bicyclic) bond motifs is 4. The Morgan fingerprint density at radius 1 is 1.04 bits per heavy atom. The summed E-state index contributed by atoms with van der Waals surface area (Å²) in [5.74, 6) is 2.67. The molecule has 1 heterocycles. The van der Waals surface area contributed by atoms with Crippen molar-refractivity contribution in [2.45, 2.75) is 71.8 Å². The van der Waals surface area contributed by atoms with Crippen LogP contribution in [0.3, 0.4) is 0 Å². The molecule has 1 aromatic rings. The summed E-state index contributed by atoms with van der Waals surface area (Å²) in [6.07, 6.45) is 7.49. The molecule has 4 atom stereocenters. The highest BCUT2D eigenvalue weighted by Gasteiger charge is 2.60. The van der Waals surface area contributed by atoms with Gasteiger partial charge in [-0.15, -0.1) is 0 Å². The third kappa shape index (κ3) is 2.13. The molecule has 2 saturated carbocycles. The van der Waals surface area contributed by atoms with Gasteiger partial charge in [-0.25, -0.2) is 0 Å². The van der Waals surface area contributed by atoms with E-state index in [9.17, 15) is 5.11 Å². The lowest BCUT2D eigenvalue weighted by Crippen LogP contribution is -2.61. The molecule has 0 amide bonds. The fourth-order valence-corrected chi connectivity index (χ4v) is 6.47. The van der Waals surface area contributed by atoms with Crippen molar-refractivity contribution in [2.75, 3.05) is 0 Å². The first kappa shape index (κ1) is 15.4. The van der Waals surface area contributed by atoms with E-state index in [0.717, 1.165) is 24.5 Å². The SMILES string of the molecule is CC1(C)CCC[C@]2(C)[C@H]3Cc4cc(O)ccc4O[C@]3(C)CC[C@@H]12. The van der Waals surface area contributed by atoms with Gasteiger partial charge in [0.05, 0.1) is 0 Å². The van der Waals surface area contributed by atoms with Gasteiger partial charge in [-0.3, -0.25) is 0 Å². The minimum Gasteiger partial charge on any atom is -0.508 e. The number of hydrogen-bond acceptors (Lipinski definition) is 2. The third-order valence-corrected chi connectivity index (χ3v) is 7.55. The lowest BCUT2D eigenvalue weighted by Gasteiger charge is -2.63. The maximum Gasteiger partial charge on any atom is 0.123 e. The first-order valence-corrected chi connectivity index (χ1v) is 9.26. The maximum absolute atomic E-state index is 9.87. The van der Waals surface area contributed by atoms with E-state index in [4.69, 9.17) is 4.74 Å². The van der Waals surface area contributed by atoms with Crippen LogP contribution >= 0.6 is 0 Å². The topological polar surface area (TPSA) is 29.5 Å². The summed E-state index contributed by atoms with van der Waals surface area (Å²) >= 11 is 0. The van der Waals surface area contributed by atoms with Crippen LogP contribution in [0.4, 0.5) is 0 Å². The van der Waals surface area contributed by atoms with E-state index in [-0.39, 0.29) is 5.60 Å². The van der Waals surface area contributed by atoms with E-state index < -0.39 is 0 Å². The Hall–Kier alpha value is -1.18. The number of phenols is 1. The van der Waals surface area contributed by atoms with E-state index in [0.29, 0.717) is 22.5 Å². The minimum atomic E-state index is -0.0529. The largest absolute Gasteiger partial charge is 0.508 e. The Bertz CT molecular complexity index is 635. The van der Waals surface area contributed by atoms with Gasteiger partial charge in [0.15, 0.2) is 0 Å². The van der Waals surface area contributed by atoms with Crippen molar-refractivity contribution in [1.82, 2.24) is 0 Å². The summed E-state index contributed by atoms with van der Waals surface area (Å²) in [4.78, 5) is 0. The molecule has 0 radical (unpaired) electrons. The van der Waals surface area contributed by atoms with Crippen LogP contribution in [-0.4, -0.2) is 10.7 Å². The van der Waals surface area contributed by atoms with E-state index >= 15 is 0 Å². The van der Waals surface area contributed by atoms with Crippen molar-refractivity contribution < 1.29 is 9.84 Å². The van der Waals surface area contributed by atoms with E-state index in [1.807, 2.05) is 12.1 Å². The predicted octanol–water partition coefficient (Wildman–Crippen LogP) is 5.33. The molecule has 2 heteroatoms. The fraction of sp³-hybridized carbons (Fsp3) is 0.714. The zero-order chi connectivity index (χ0) is 16.5. The van der Waals surface area contributed by atoms with Gasteiger partial charge in [0.1, 0.15) is 17.1 Å². The molecule has 4 rings (SSSR count). The van der Waals surface area contributed by atoms with Crippen molar-refractivity contribution in [3.8, 4) is 11.5 Å². The molecular formula is C21H30O2. The van der Waals surface area contributed by atoms with Gasteiger partial charge in [0.25, 0.3) is 0 Å². The van der Waals surface area contributed by atoms with Crippen LogP contribution in [0.1, 0.15) is 65.4 Å². The van der Waals surface area contributed by atoms with Crippen LogP contribution in [0.25, 0.3) is 0 Å². The Morgan fingerprint density at radius 3 is 2.61 bits per heavy atom. The molecule has 2 aliphatic carbocycles. The van der Waals surface area contributed by atoms with Crippen molar-refractivity contribution in [3.63, 3.8) is 0 Å². The molecule has 1 aliphatic heterocycles. The highest BCUT2D eigenvalue weighted by atomic mass is 16.5. The summed E-state index contributed by atoms with van der Waals surface area (Å²) < 4.78 is 6.55. The molecule has 2 nitrogen and oxygen atoms in total. The zero-order valence-corrected chi connectivity index (χ0v) is 15.0. The number of aromatic hydroxyl groups is 1. The average Bonchev–Trinajstić information content (AvgIpc) is 2.45. The quantitative estimate of drug-likeness (QED) is 0.701. The lowest BCUT2D eigenvalue weighted by molar-refractivity contribution is -0.162. The number of rotatable bonds is 0. The van der Waals surface area contributed by atoms with Crippen molar-refractivity contribution in [1.29, 1.82) is 0 Å². The summed E-state index contributed by atoms with van der Waals surface area (Å²) in [6, 6.07) is 5.61. The average molecular weight is 314 g/mol. The van der Waals surface area contributed by atoms with Gasteiger partial charge >= 0.3 is 0 Å². The second-order valence-corrected chi connectivity index (χ2v) is 9.40. The van der Waals surface area contributed by atoms with Gasteiger partial charge in [-0.2, -0.15) is 0 Å². The van der Waals surface area contributed by atoms with E-state index in [2.05, 4.69) is 27.7 Å². The summed E-state index contributed by atoms with van der Waals surface area (Å²) in [5, 5.41) is 9.87. The van der Waals surface area contributed by atoms with Gasteiger partial charge < -0.3 is 9.84 Å². The molecule has 2 fully saturated rings. The van der Waals surface area contributed by atoms with Crippen LogP contribution in [0.2, 0.25) is 0 Å². The molecule has 126 valence electrons. The fourth-order valence-electron chi connectivity index (χ4n) is 6.47. The highest BCUT2D eigenvalue weighted by molar-refractivity contribution is 5.42. The molecule has 0 saturated heterocycles. The van der Waals surface area contributed by atoms with Crippen LogP contribution in [-0.2, 0) is 6.42 Å². The van der Waals surface area contributed by atoms with Gasteiger partial charge in [0, 0.05) is 5.92 Å². The third-order valence-electron chi connectivity index (χ3n) is 7.55. The van der Waals surface area contributed by atoms with Crippen molar-refractivity contribution >= 4 is 0 Å². The van der Waals surface area contributed by atoms with Gasteiger partial charge in [-0.1, -0.05) is 27.2 Å². The van der Waals surface area contributed by atoms with Crippen LogP contribution in [0, 0.1) is 22.7 Å². The molecule has 23 heavy (non-hydrogen) atoms. The highest BCUT2D eigenvalue weighted by Crippen LogP contribution is 2.64. The van der Waals surface area contributed by atoms with Crippen molar-refractivity contribution in [2.24, 2.45) is 22.7 Å². The number of ether oxygens (including phenoxy) is 1. The molecule has 0 spiro atoms. The number of benzene rings is 1. The molecule has 0 bridgehead atoms. The smallest absolute Gasteiger partial charge is 0.123 e. The Morgan fingerprint density at radius 2 is 1.83 bits per heavy atom. The van der Waals surface area contributed by atoms with Gasteiger partial charge in [0.2, 0.25) is 0 Å². The Labute approximate surface area is 140 Å². The van der Waals surface area contributed by atoms with Gasteiger partial charge in [-0.05, 0) is 79.5 Å². The maximum atomic E-state index is 9.87. The number of phenolic OH excluding ortho intramolecular Hbond substituents is 1. The normalized spacial score (nSPS) is 41.2. The van der Waals surface area contributed by atoms with Crippen molar-refractivity contribution in [3.05, 3.63) is 23.8 Å². The monoisotopic (exact) mass is 314 g/mol. The standard InChI is InChI=1S/C21H30O2/c1-19(2)9-5-10-20(3)17(19)8-11-21(4)18(20)13-14-12-15(22)6-7-16(14)23-21/h6-7,12,17-18,22H,5,8-11,13H2,1-4H3/t17-,18+,20-,21+/m0/s1. The van der Waals surface area contributed by atoms with E-state index in [1.165, 1.54) is 31.2 Å². The Balaban J connectivity index is 1.77. The zero-order valence-electron chi connectivity index (χ0n) is 15.0. The molecule has 1 aromatic carbocycles. The Kier molecular flexibility index (Phi) is 3.12. The summed E-state index contributed by atoms with van der Waals surface area (Å²) in [6.45, 7) is 9.80. The second-order valence-electron chi connectivity index (χ2n) is 9.40. The van der Waals surface area contributed by atoms with E-state index in [1.54, 1.807) is 6.07 Å². The molecule has 0 aromatic heterocycles. The molecular weight excluding hydrogens is 284 g/mol. The summed E-state index contributed by atoms with van der Waals surface area (Å²) in [7, 11) is 0. The van der Waals surface area contributed by atoms with Crippen LogP contribution < -0.4 is 4.74 Å². The minimum absolute atomic E-state index is 0.0529. The molecule has 0 unspecified atom stereocenters. The van der Waals surface area contributed by atoms with Crippen LogP contribution in [0.5, 0.6) is 11.5 Å². The number of hydrogen-bond donors (Lipinski definition) is 1. The first-order chi connectivity index (χ1) is 10.7. The second kappa shape index (κ2) is 4.68. The molecule has 3 aliphatic rings. The molecule has 1 N–H and O–H groups in total. The summed E-state index contributed by atoms with van der Waals surface area (Å²) in [5.41, 5.74) is 1.92. The van der Waals surface area contributed by atoms with Crippen LogP contribution in [0.15, 0.2) is 18.2 Å².